The fraction of sp³-hybridized carbons (Fsp3) is 0.333. The van der Waals surface area contributed by atoms with E-state index in [0.29, 0.717) is 0 Å². The topological polar surface area (TPSA) is 46.2 Å². The third-order valence-electron chi connectivity index (χ3n) is 1.83. The molecule has 0 unspecified atom stereocenters. The second-order valence-corrected chi connectivity index (χ2v) is 3.13. The first kappa shape index (κ1) is 15.0. The van der Waals surface area contributed by atoms with Gasteiger partial charge in [-0.2, -0.15) is 13.2 Å². The first-order valence-electron chi connectivity index (χ1n) is 4.10. The molecule has 1 atom stereocenters. The molecule has 16 heavy (non-hydrogen) atoms. The van der Waals surface area contributed by atoms with Gasteiger partial charge in [0.2, 0.25) is 0 Å². The second kappa shape index (κ2) is 5.36. The molecule has 0 spiro atoms. The highest BCUT2D eigenvalue weighted by atomic mass is 35.5. The molecule has 0 radical (unpaired) electrons. The van der Waals surface area contributed by atoms with E-state index < -0.39 is 24.5 Å². The highest BCUT2D eigenvalue weighted by molar-refractivity contribution is 5.85. The number of rotatable bonds is 2. The van der Waals surface area contributed by atoms with Crippen molar-refractivity contribution in [3.63, 3.8) is 0 Å². The van der Waals surface area contributed by atoms with Crippen LogP contribution in [0.3, 0.4) is 0 Å². The lowest BCUT2D eigenvalue weighted by Crippen LogP contribution is -2.21. The summed E-state index contributed by atoms with van der Waals surface area (Å²) in [4.78, 5) is 0. The maximum absolute atomic E-state index is 13.1. The van der Waals surface area contributed by atoms with Crippen molar-refractivity contribution in [3.8, 4) is 5.75 Å². The van der Waals surface area contributed by atoms with E-state index in [4.69, 9.17) is 10.8 Å². The van der Waals surface area contributed by atoms with Crippen LogP contribution in [-0.2, 0) is 0 Å². The number of alkyl halides is 3. The van der Waals surface area contributed by atoms with Crippen LogP contribution in [0.25, 0.3) is 0 Å². The van der Waals surface area contributed by atoms with Gasteiger partial charge in [0, 0.05) is 17.7 Å². The van der Waals surface area contributed by atoms with Gasteiger partial charge in [-0.15, -0.1) is 12.4 Å². The van der Waals surface area contributed by atoms with Gasteiger partial charge in [-0.25, -0.2) is 4.39 Å². The molecular formula is C9H10ClF4NO. The van der Waals surface area contributed by atoms with E-state index >= 15 is 0 Å². The molecule has 0 fully saturated rings. The maximum Gasteiger partial charge on any atom is 0.390 e. The SMILES string of the molecule is Cl.N[C@@H](CC(F)(F)F)c1ccc(O)cc1F. The molecule has 0 amide bonds. The van der Waals surface area contributed by atoms with Gasteiger partial charge < -0.3 is 10.8 Å². The molecule has 0 heterocycles. The lowest BCUT2D eigenvalue weighted by atomic mass is 10.0. The van der Waals surface area contributed by atoms with E-state index in [2.05, 4.69) is 0 Å². The summed E-state index contributed by atoms with van der Waals surface area (Å²) in [5.74, 6) is -1.29. The monoisotopic (exact) mass is 259 g/mol. The fourth-order valence-electron chi connectivity index (χ4n) is 1.18. The average molecular weight is 260 g/mol. The molecule has 1 aromatic carbocycles. The van der Waals surface area contributed by atoms with Gasteiger partial charge in [-0.05, 0) is 6.07 Å². The Morgan fingerprint density at radius 3 is 2.31 bits per heavy atom. The van der Waals surface area contributed by atoms with Crippen LogP contribution in [0, 0.1) is 5.82 Å². The number of benzene rings is 1. The fourth-order valence-corrected chi connectivity index (χ4v) is 1.18. The van der Waals surface area contributed by atoms with E-state index in [9.17, 15) is 17.6 Å². The van der Waals surface area contributed by atoms with Crippen LogP contribution in [0.5, 0.6) is 5.75 Å². The summed E-state index contributed by atoms with van der Waals surface area (Å²) in [6, 6.07) is 1.41. The van der Waals surface area contributed by atoms with E-state index in [0.717, 1.165) is 18.2 Å². The summed E-state index contributed by atoms with van der Waals surface area (Å²) in [6.07, 6.45) is -5.74. The average Bonchev–Trinajstić information content (AvgIpc) is 1.99. The largest absolute Gasteiger partial charge is 0.508 e. The van der Waals surface area contributed by atoms with Crippen LogP contribution in [0.2, 0.25) is 0 Å². The van der Waals surface area contributed by atoms with Crippen LogP contribution in [0.4, 0.5) is 17.6 Å². The zero-order chi connectivity index (χ0) is 11.6. The number of hydrogen-bond acceptors (Lipinski definition) is 2. The van der Waals surface area contributed by atoms with Gasteiger partial charge in [0.1, 0.15) is 11.6 Å². The van der Waals surface area contributed by atoms with E-state index in [1.807, 2.05) is 0 Å². The molecule has 92 valence electrons. The minimum absolute atomic E-state index is 0. The molecular weight excluding hydrogens is 250 g/mol. The zero-order valence-electron chi connectivity index (χ0n) is 7.96. The van der Waals surface area contributed by atoms with Crippen LogP contribution >= 0.6 is 12.4 Å². The summed E-state index contributed by atoms with van der Waals surface area (Å²) in [7, 11) is 0. The summed E-state index contributed by atoms with van der Waals surface area (Å²) in [5.41, 5.74) is 4.93. The first-order valence-corrected chi connectivity index (χ1v) is 4.10. The quantitative estimate of drug-likeness (QED) is 0.802. The molecule has 0 saturated carbocycles. The Hall–Kier alpha value is -1.01. The highest BCUT2D eigenvalue weighted by Crippen LogP contribution is 2.29. The van der Waals surface area contributed by atoms with Gasteiger partial charge in [0.05, 0.1) is 6.42 Å². The molecule has 0 aliphatic rings. The van der Waals surface area contributed by atoms with Crippen LogP contribution in [-0.4, -0.2) is 11.3 Å². The molecule has 1 rings (SSSR count). The third-order valence-corrected chi connectivity index (χ3v) is 1.83. The van der Waals surface area contributed by atoms with Crippen molar-refractivity contribution in [1.82, 2.24) is 0 Å². The molecule has 0 aromatic heterocycles. The maximum atomic E-state index is 13.1. The van der Waals surface area contributed by atoms with Gasteiger partial charge in [0.25, 0.3) is 0 Å². The molecule has 0 aliphatic carbocycles. The Morgan fingerprint density at radius 2 is 1.88 bits per heavy atom. The summed E-state index contributed by atoms with van der Waals surface area (Å²) in [5, 5.41) is 8.85. The van der Waals surface area contributed by atoms with Gasteiger partial charge in [-0.1, -0.05) is 6.07 Å². The minimum atomic E-state index is -4.44. The van der Waals surface area contributed by atoms with E-state index in [1.165, 1.54) is 0 Å². The minimum Gasteiger partial charge on any atom is -0.508 e. The van der Waals surface area contributed by atoms with Crippen LogP contribution in [0.1, 0.15) is 18.0 Å². The van der Waals surface area contributed by atoms with Gasteiger partial charge in [0.15, 0.2) is 0 Å². The Labute approximate surface area is 95.5 Å². The Balaban J connectivity index is 0.00000225. The van der Waals surface area contributed by atoms with Crippen molar-refractivity contribution in [2.75, 3.05) is 0 Å². The molecule has 0 saturated heterocycles. The second-order valence-electron chi connectivity index (χ2n) is 3.13. The van der Waals surface area contributed by atoms with Crippen molar-refractivity contribution >= 4 is 12.4 Å². The summed E-state index contributed by atoms with van der Waals surface area (Å²) < 4.78 is 48.9. The van der Waals surface area contributed by atoms with Crippen molar-refractivity contribution < 1.29 is 22.7 Å². The number of halogens is 5. The predicted octanol–water partition coefficient (Wildman–Crippen LogP) is 2.91. The number of phenolic OH excluding ortho intramolecular Hbond substituents is 1. The standard InChI is InChI=1S/C9H9F4NO.ClH/c10-7-3-5(15)1-2-6(7)8(14)4-9(11,12)13;/h1-3,8,15H,4,14H2;1H/t8-;/m0./s1. The van der Waals surface area contributed by atoms with Crippen molar-refractivity contribution in [3.05, 3.63) is 29.6 Å². The number of phenols is 1. The van der Waals surface area contributed by atoms with E-state index in [1.54, 1.807) is 0 Å². The van der Waals surface area contributed by atoms with Crippen molar-refractivity contribution in [1.29, 1.82) is 0 Å². The number of hydrogen-bond donors (Lipinski definition) is 2. The Bertz CT molecular complexity index is 356. The molecule has 0 aliphatic heterocycles. The summed E-state index contributed by atoms with van der Waals surface area (Å²) in [6.45, 7) is 0. The lowest BCUT2D eigenvalue weighted by Gasteiger charge is -2.15. The van der Waals surface area contributed by atoms with Gasteiger partial charge >= 0.3 is 6.18 Å². The molecule has 2 nitrogen and oxygen atoms in total. The third kappa shape index (κ3) is 4.24. The molecule has 1 aromatic rings. The molecule has 0 bridgehead atoms. The van der Waals surface area contributed by atoms with Gasteiger partial charge in [-0.3, -0.25) is 0 Å². The molecule has 7 heteroatoms. The Morgan fingerprint density at radius 1 is 1.31 bits per heavy atom. The zero-order valence-corrected chi connectivity index (χ0v) is 8.78. The van der Waals surface area contributed by atoms with Crippen molar-refractivity contribution in [2.24, 2.45) is 5.73 Å². The normalized spacial score (nSPS) is 13.1. The number of aromatic hydroxyl groups is 1. The van der Waals surface area contributed by atoms with Crippen LogP contribution in [0.15, 0.2) is 18.2 Å². The lowest BCUT2D eigenvalue weighted by molar-refractivity contribution is -0.138. The molecule has 3 N–H and O–H groups in total. The van der Waals surface area contributed by atoms with E-state index in [-0.39, 0.29) is 23.7 Å². The summed E-state index contributed by atoms with van der Waals surface area (Å²) >= 11 is 0. The number of nitrogens with two attached hydrogens (primary N) is 1. The predicted molar refractivity (Wildman–Crippen MR) is 52.9 cm³/mol. The van der Waals surface area contributed by atoms with Crippen molar-refractivity contribution in [2.45, 2.75) is 18.6 Å². The highest BCUT2D eigenvalue weighted by Gasteiger charge is 2.31. The Kier molecular flexibility index (Phi) is 5.02. The first-order chi connectivity index (χ1) is 6.79. The smallest absolute Gasteiger partial charge is 0.390 e. The van der Waals surface area contributed by atoms with Crippen LogP contribution < -0.4 is 5.73 Å².